The smallest absolute Gasteiger partial charge is 0.229 e. The fraction of sp³-hybridized carbons (Fsp3) is 0.217. The lowest BCUT2D eigenvalue weighted by Gasteiger charge is -2.20. The standard InChI is InChI=1S/C23H22N2OS/c1-3-13-25(16-20-11-9-18(2)10-12-20)23(26)15-21-17-27-22(24-21)14-19-7-5-4-6-8-19/h1,4-12,17H,13-16H2,2H3. The van der Waals surface area contributed by atoms with E-state index in [-0.39, 0.29) is 12.3 Å². The maximum Gasteiger partial charge on any atom is 0.229 e. The maximum atomic E-state index is 12.7. The average molecular weight is 375 g/mol. The van der Waals surface area contributed by atoms with Crippen LogP contribution in [0.3, 0.4) is 0 Å². The lowest BCUT2D eigenvalue weighted by Crippen LogP contribution is -2.32. The second-order valence-corrected chi connectivity index (χ2v) is 7.45. The molecule has 3 aromatic rings. The molecule has 0 saturated carbocycles. The number of hydrogen-bond acceptors (Lipinski definition) is 3. The van der Waals surface area contributed by atoms with Crippen LogP contribution in [-0.2, 0) is 24.2 Å². The number of terminal acetylenes is 1. The molecule has 0 saturated heterocycles. The highest BCUT2D eigenvalue weighted by molar-refractivity contribution is 7.09. The molecule has 0 spiro atoms. The number of rotatable bonds is 7. The van der Waals surface area contributed by atoms with Gasteiger partial charge in [0.1, 0.15) is 0 Å². The predicted octanol–water partition coefficient (Wildman–Crippen LogP) is 4.25. The number of carbonyl (C=O) groups is 1. The maximum absolute atomic E-state index is 12.7. The minimum atomic E-state index is 0.00471. The van der Waals surface area contributed by atoms with Crippen LogP contribution in [0.2, 0.25) is 0 Å². The number of nitrogens with zero attached hydrogens (tertiary/aromatic N) is 2. The third-order valence-corrected chi connectivity index (χ3v) is 5.16. The molecule has 0 aliphatic carbocycles. The fourth-order valence-electron chi connectivity index (χ4n) is 2.80. The number of amides is 1. The molecule has 1 amide bonds. The Morgan fingerprint density at radius 1 is 1.11 bits per heavy atom. The van der Waals surface area contributed by atoms with Gasteiger partial charge in [0.15, 0.2) is 0 Å². The Labute approximate surface area is 164 Å². The van der Waals surface area contributed by atoms with Gasteiger partial charge < -0.3 is 4.90 Å². The van der Waals surface area contributed by atoms with E-state index in [0.29, 0.717) is 13.1 Å². The number of hydrogen-bond donors (Lipinski definition) is 0. The summed E-state index contributed by atoms with van der Waals surface area (Å²) in [6, 6.07) is 18.4. The number of aromatic nitrogens is 1. The minimum Gasteiger partial charge on any atom is -0.327 e. The Balaban J connectivity index is 1.63. The highest BCUT2D eigenvalue weighted by Gasteiger charge is 2.15. The summed E-state index contributed by atoms with van der Waals surface area (Å²) in [5.74, 6) is 2.60. The molecule has 27 heavy (non-hydrogen) atoms. The topological polar surface area (TPSA) is 33.2 Å². The summed E-state index contributed by atoms with van der Waals surface area (Å²) in [6.45, 7) is 2.86. The molecule has 0 aliphatic heterocycles. The lowest BCUT2D eigenvalue weighted by atomic mass is 10.1. The summed E-state index contributed by atoms with van der Waals surface area (Å²) in [4.78, 5) is 19.1. The van der Waals surface area contributed by atoms with Crippen LogP contribution in [0.4, 0.5) is 0 Å². The number of carbonyl (C=O) groups excluding carboxylic acids is 1. The molecule has 0 radical (unpaired) electrons. The summed E-state index contributed by atoms with van der Waals surface area (Å²) >= 11 is 1.59. The van der Waals surface area contributed by atoms with E-state index in [9.17, 15) is 4.79 Å². The van der Waals surface area contributed by atoms with Crippen LogP contribution in [0.15, 0.2) is 60.0 Å². The van der Waals surface area contributed by atoms with Crippen LogP contribution in [0.1, 0.15) is 27.4 Å². The Morgan fingerprint density at radius 3 is 2.56 bits per heavy atom. The molecule has 1 heterocycles. The van der Waals surface area contributed by atoms with E-state index in [1.54, 1.807) is 16.2 Å². The van der Waals surface area contributed by atoms with Gasteiger partial charge in [0.05, 0.1) is 23.7 Å². The number of benzene rings is 2. The van der Waals surface area contributed by atoms with Crippen molar-refractivity contribution in [3.63, 3.8) is 0 Å². The van der Waals surface area contributed by atoms with Crippen molar-refractivity contribution in [2.45, 2.75) is 26.3 Å². The van der Waals surface area contributed by atoms with Gasteiger partial charge >= 0.3 is 0 Å². The van der Waals surface area contributed by atoms with E-state index in [0.717, 1.165) is 22.7 Å². The molecule has 4 heteroatoms. The highest BCUT2D eigenvalue weighted by Crippen LogP contribution is 2.16. The van der Waals surface area contributed by atoms with Crippen molar-refractivity contribution < 1.29 is 4.79 Å². The van der Waals surface area contributed by atoms with Crippen molar-refractivity contribution in [1.82, 2.24) is 9.88 Å². The van der Waals surface area contributed by atoms with Crippen molar-refractivity contribution in [3.05, 3.63) is 87.4 Å². The van der Waals surface area contributed by atoms with Gasteiger partial charge in [0.25, 0.3) is 0 Å². The normalized spacial score (nSPS) is 10.4. The van der Waals surface area contributed by atoms with Gasteiger partial charge in [0.2, 0.25) is 5.91 Å². The molecule has 0 bridgehead atoms. The van der Waals surface area contributed by atoms with Crippen LogP contribution < -0.4 is 0 Å². The van der Waals surface area contributed by atoms with Crippen molar-refractivity contribution in [1.29, 1.82) is 0 Å². The molecular formula is C23H22N2OS. The van der Waals surface area contributed by atoms with Gasteiger partial charge in [-0.15, -0.1) is 17.8 Å². The van der Waals surface area contributed by atoms with Crippen LogP contribution in [0.5, 0.6) is 0 Å². The van der Waals surface area contributed by atoms with Gasteiger partial charge in [0, 0.05) is 18.3 Å². The van der Waals surface area contributed by atoms with Crippen LogP contribution in [-0.4, -0.2) is 22.3 Å². The van der Waals surface area contributed by atoms with Crippen LogP contribution >= 0.6 is 11.3 Å². The molecule has 0 unspecified atom stereocenters. The molecular weight excluding hydrogens is 352 g/mol. The minimum absolute atomic E-state index is 0.00471. The van der Waals surface area contributed by atoms with E-state index in [4.69, 9.17) is 6.42 Å². The molecule has 2 aromatic carbocycles. The summed E-state index contributed by atoms with van der Waals surface area (Å²) in [6.07, 6.45) is 6.54. The van der Waals surface area contributed by atoms with E-state index >= 15 is 0 Å². The zero-order valence-electron chi connectivity index (χ0n) is 15.4. The number of aryl methyl sites for hydroxylation is 1. The van der Waals surface area contributed by atoms with Crippen molar-refractivity contribution in [2.75, 3.05) is 6.54 Å². The SMILES string of the molecule is C#CCN(Cc1ccc(C)cc1)C(=O)Cc1csc(Cc2ccccc2)n1. The van der Waals surface area contributed by atoms with E-state index in [1.165, 1.54) is 11.1 Å². The molecule has 0 N–H and O–H groups in total. The van der Waals surface area contributed by atoms with Crippen LogP contribution in [0.25, 0.3) is 0 Å². The molecule has 0 atom stereocenters. The zero-order chi connectivity index (χ0) is 19.1. The molecule has 136 valence electrons. The first-order valence-corrected chi connectivity index (χ1v) is 9.76. The second kappa shape index (κ2) is 9.16. The van der Waals surface area contributed by atoms with Crippen molar-refractivity contribution in [2.24, 2.45) is 0 Å². The van der Waals surface area contributed by atoms with Gasteiger partial charge in [-0.05, 0) is 18.1 Å². The monoisotopic (exact) mass is 374 g/mol. The largest absolute Gasteiger partial charge is 0.327 e. The summed E-state index contributed by atoms with van der Waals surface area (Å²) < 4.78 is 0. The summed E-state index contributed by atoms with van der Waals surface area (Å²) in [5, 5.41) is 2.99. The van der Waals surface area contributed by atoms with E-state index in [2.05, 4.69) is 23.0 Å². The van der Waals surface area contributed by atoms with Crippen molar-refractivity contribution in [3.8, 4) is 12.3 Å². The van der Waals surface area contributed by atoms with E-state index < -0.39 is 0 Å². The molecule has 0 fully saturated rings. The van der Waals surface area contributed by atoms with Crippen LogP contribution in [0, 0.1) is 19.3 Å². The molecule has 0 aliphatic rings. The first-order chi connectivity index (χ1) is 13.1. The third kappa shape index (κ3) is 5.54. The number of thiazole rings is 1. The summed E-state index contributed by atoms with van der Waals surface area (Å²) in [5.41, 5.74) is 4.30. The Morgan fingerprint density at radius 2 is 1.85 bits per heavy atom. The highest BCUT2D eigenvalue weighted by atomic mass is 32.1. The van der Waals surface area contributed by atoms with Crippen molar-refractivity contribution >= 4 is 17.2 Å². The molecule has 3 rings (SSSR count). The molecule has 3 nitrogen and oxygen atoms in total. The fourth-order valence-corrected chi connectivity index (χ4v) is 3.63. The quantitative estimate of drug-likeness (QED) is 0.579. The van der Waals surface area contributed by atoms with E-state index in [1.807, 2.05) is 54.8 Å². The van der Waals surface area contributed by atoms with Gasteiger partial charge in [-0.1, -0.05) is 66.1 Å². The molecule has 1 aromatic heterocycles. The lowest BCUT2D eigenvalue weighted by molar-refractivity contribution is -0.130. The van der Waals surface area contributed by atoms with Gasteiger partial charge in [-0.2, -0.15) is 0 Å². The second-order valence-electron chi connectivity index (χ2n) is 6.51. The summed E-state index contributed by atoms with van der Waals surface area (Å²) in [7, 11) is 0. The Kier molecular flexibility index (Phi) is 6.40. The van der Waals surface area contributed by atoms with Gasteiger partial charge in [-0.3, -0.25) is 4.79 Å². The average Bonchev–Trinajstić information content (AvgIpc) is 3.10. The zero-order valence-corrected chi connectivity index (χ0v) is 16.2. The van der Waals surface area contributed by atoms with Gasteiger partial charge in [-0.25, -0.2) is 4.98 Å². The first kappa shape index (κ1) is 18.9. The Bertz CT molecular complexity index is 923. The Hall–Kier alpha value is -2.90. The first-order valence-electron chi connectivity index (χ1n) is 8.88. The predicted molar refractivity (Wildman–Crippen MR) is 110 cm³/mol. The third-order valence-electron chi connectivity index (χ3n) is 4.26.